The number of halogens is 6. The number of carbonyl (C=O) groups excluding carboxylic acids is 1. The maximum atomic E-state index is 15.0. The fourth-order valence-corrected chi connectivity index (χ4v) is 8.16. The Morgan fingerprint density at radius 2 is 1.69 bits per heavy atom. The lowest BCUT2D eigenvalue weighted by atomic mass is 9.85. The number of nitrogens with zero attached hydrogens (tertiary/aromatic N) is 2. The predicted octanol–water partition coefficient (Wildman–Crippen LogP) is 4.85. The fourth-order valence-electron chi connectivity index (χ4n) is 5.81. The van der Waals surface area contributed by atoms with E-state index < -0.39 is 90.6 Å². The molecular weight excluding hydrogens is 649 g/mol. The molecule has 9 nitrogen and oxygen atoms in total. The summed E-state index contributed by atoms with van der Waals surface area (Å²) < 4.78 is 105. The molecule has 1 saturated heterocycles. The number of carbonyl (C=O) groups is 2. The molecule has 2 aromatic rings. The van der Waals surface area contributed by atoms with Gasteiger partial charge in [0.15, 0.2) is 11.6 Å². The van der Waals surface area contributed by atoms with Gasteiger partial charge < -0.3 is 15.2 Å². The molecule has 5 rings (SSSR count). The van der Waals surface area contributed by atoms with E-state index in [-0.39, 0.29) is 62.2 Å². The number of hydrogen-bond donors (Lipinski definition) is 2. The molecule has 1 unspecified atom stereocenters. The molecule has 2 aromatic carbocycles. The van der Waals surface area contributed by atoms with Crippen molar-refractivity contribution >= 4 is 39.4 Å². The van der Waals surface area contributed by atoms with Crippen molar-refractivity contribution in [1.82, 2.24) is 9.62 Å². The van der Waals surface area contributed by atoms with Crippen molar-refractivity contribution in [2.45, 2.75) is 43.9 Å². The zero-order chi connectivity index (χ0) is 32.8. The van der Waals surface area contributed by atoms with Crippen LogP contribution in [-0.4, -0.2) is 60.6 Å². The van der Waals surface area contributed by atoms with Crippen LogP contribution >= 0.6 is 11.6 Å². The van der Waals surface area contributed by atoms with Crippen molar-refractivity contribution in [3.05, 3.63) is 80.8 Å². The molecule has 2 fully saturated rings. The molecule has 0 spiro atoms. The van der Waals surface area contributed by atoms with Crippen LogP contribution in [-0.2, 0) is 24.3 Å². The highest BCUT2D eigenvalue weighted by molar-refractivity contribution is 7.89. The molecule has 16 heteroatoms. The third-order valence-electron chi connectivity index (χ3n) is 8.26. The smallest absolute Gasteiger partial charge is 0.338 e. The molecule has 242 valence electrons. The van der Waals surface area contributed by atoms with E-state index in [4.69, 9.17) is 21.4 Å². The zero-order valence-electron chi connectivity index (χ0n) is 23.6. The van der Waals surface area contributed by atoms with E-state index in [0.29, 0.717) is 12.1 Å². The van der Waals surface area contributed by atoms with Crippen molar-refractivity contribution in [2.24, 2.45) is 16.8 Å². The van der Waals surface area contributed by atoms with Gasteiger partial charge in [-0.2, -0.15) is 0 Å². The molecule has 2 heterocycles. The number of nitrogens with one attached hydrogen (secondary N) is 1. The molecular formula is C29H27ClF5N3O6S. The highest BCUT2D eigenvalue weighted by Gasteiger charge is 2.46. The summed E-state index contributed by atoms with van der Waals surface area (Å²) in [7, 11) is -3.83. The summed E-state index contributed by atoms with van der Waals surface area (Å²) in [5.41, 5.74) is -1.20. The minimum Gasteiger partial charge on any atom is -0.481 e. The summed E-state index contributed by atoms with van der Waals surface area (Å²) in [6.45, 7) is 1.33. The first-order valence-electron chi connectivity index (χ1n) is 14.0. The van der Waals surface area contributed by atoms with Gasteiger partial charge in [-0.3, -0.25) is 9.79 Å². The highest BCUT2D eigenvalue weighted by atomic mass is 35.5. The number of aliphatic carboxylic acids is 1. The van der Waals surface area contributed by atoms with Gasteiger partial charge in [0.25, 0.3) is 0 Å². The minimum atomic E-state index is -3.83. The quantitative estimate of drug-likeness (QED) is 0.233. The number of carboxylic acids is 1. The first kappa shape index (κ1) is 32.8. The Bertz CT molecular complexity index is 1700. The normalized spacial score (nSPS) is 22.8. The zero-order valence-corrected chi connectivity index (χ0v) is 25.2. The Morgan fingerprint density at radius 1 is 1.07 bits per heavy atom. The Hall–Kier alpha value is -3.56. The van der Waals surface area contributed by atoms with Crippen LogP contribution in [0.25, 0.3) is 0 Å². The molecule has 1 aliphatic carbocycles. The average molecular weight is 676 g/mol. The molecule has 2 N–H and O–H groups in total. The average Bonchev–Trinajstić information content (AvgIpc) is 2.94. The molecule has 1 atom stereocenters. The lowest BCUT2D eigenvalue weighted by Crippen LogP contribution is -2.50. The van der Waals surface area contributed by atoms with Crippen molar-refractivity contribution in [3.8, 4) is 0 Å². The van der Waals surface area contributed by atoms with Crippen LogP contribution in [0.2, 0.25) is 5.02 Å². The van der Waals surface area contributed by atoms with Crippen molar-refractivity contribution in [2.75, 3.05) is 19.7 Å². The number of piperidine rings is 1. The fraction of sp³-hybridized carbons (Fsp3) is 0.414. The second kappa shape index (κ2) is 12.7. The van der Waals surface area contributed by atoms with Crippen LogP contribution in [0.4, 0.5) is 22.0 Å². The molecule has 45 heavy (non-hydrogen) atoms. The summed E-state index contributed by atoms with van der Waals surface area (Å²) in [5.74, 6) is -10.5. The van der Waals surface area contributed by atoms with Crippen molar-refractivity contribution in [3.63, 3.8) is 0 Å². The Kier molecular flexibility index (Phi) is 9.25. The lowest BCUT2D eigenvalue weighted by molar-refractivity contribution is -0.144. The SMILES string of the molecule is CCOC(=O)C1=C(C2CCN(S(=O)(=O)[C@H]3C[C@H](C(=O)O)C3)CC2)NC(c2c(F)cc(F)cc2F)=NC1c1ccc(F)c(F)c1Cl. The van der Waals surface area contributed by atoms with Gasteiger partial charge in [-0.1, -0.05) is 17.7 Å². The summed E-state index contributed by atoms with van der Waals surface area (Å²) in [4.78, 5) is 28.9. The Labute approximate surface area is 259 Å². The van der Waals surface area contributed by atoms with Crippen molar-refractivity contribution < 1.29 is 49.8 Å². The maximum Gasteiger partial charge on any atom is 0.338 e. The van der Waals surface area contributed by atoms with Crippen LogP contribution in [0.1, 0.15) is 49.8 Å². The first-order chi connectivity index (χ1) is 21.2. The number of sulfonamides is 1. The number of ether oxygens (including phenoxy) is 1. The van der Waals surface area contributed by atoms with E-state index in [9.17, 15) is 40.0 Å². The van der Waals surface area contributed by atoms with Gasteiger partial charge >= 0.3 is 11.9 Å². The number of aliphatic imine (C=N–C) groups is 1. The second-order valence-corrected chi connectivity index (χ2v) is 13.5. The van der Waals surface area contributed by atoms with Gasteiger partial charge in [0, 0.05) is 42.4 Å². The van der Waals surface area contributed by atoms with Gasteiger partial charge in [0.2, 0.25) is 10.0 Å². The Balaban J connectivity index is 1.56. The number of rotatable bonds is 8. The van der Waals surface area contributed by atoms with Gasteiger partial charge in [-0.25, -0.2) is 39.5 Å². The molecule has 0 bridgehead atoms. The molecule has 0 aromatic heterocycles. The molecule has 2 aliphatic heterocycles. The number of esters is 1. The highest BCUT2D eigenvalue weighted by Crippen LogP contribution is 2.42. The topological polar surface area (TPSA) is 125 Å². The van der Waals surface area contributed by atoms with Crippen LogP contribution < -0.4 is 5.32 Å². The second-order valence-electron chi connectivity index (χ2n) is 10.9. The van der Waals surface area contributed by atoms with Gasteiger partial charge in [-0.05, 0) is 38.7 Å². The van der Waals surface area contributed by atoms with E-state index in [1.165, 1.54) is 11.2 Å². The molecule has 3 aliphatic rings. The van der Waals surface area contributed by atoms with E-state index in [0.717, 1.165) is 12.1 Å². The first-order valence-corrected chi connectivity index (χ1v) is 15.9. The molecule has 1 saturated carbocycles. The van der Waals surface area contributed by atoms with Gasteiger partial charge in [-0.15, -0.1) is 0 Å². The largest absolute Gasteiger partial charge is 0.481 e. The van der Waals surface area contributed by atoms with E-state index in [1.807, 2.05) is 0 Å². The monoisotopic (exact) mass is 675 g/mol. The summed E-state index contributed by atoms with van der Waals surface area (Å²) in [6, 6.07) is 1.08. The van der Waals surface area contributed by atoms with Crippen molar-refractivity contribution in [1.29, 1.82) is 0 Å². The van der Waals surface area contributed by atoms with E-state index >= 15 is 0 Å². The van der Waals surface area contributed by atoms with Gasteiger partial charge in [0.1, 0.15) is 29.3 Å². The minimum absolute atomic E-state index is 0.0113. The third-order valence-corrected chi connectivity index (χ3v) is 11.0. The molecule has 0 amide bonds. The van der Waals surface area contributed by atoms with E-state index in [1.54, 1.807) is 0 Å². The number of allylic oxidation sites excluding steroid dienone is 1. The maximum absolute atomic E-state index is 15.0. The van der Waals surface area contributed by atoms with Crippen LogP contribution in [0.3, 0.4) is 0 Å². The number of amidine groups is 1. The number of benzene rings is 2. The number of hydrogen-bond acceptors (Lipinski definition) is 7. The summed E-state index contributed by atoms with van der Waals surface area (Å²) >= 11 is 6.15. The lowest BCUT2D eigenvalue weighted by Gasteiger charge is -2.40. The summed E-state index contributed by atoms with van der Waals surface area (Å²) in [6.07, 6.45) is 0.171. The van der Waals surface area contributed by atoms with Crippen LogP contribution in [0, 0.1) is 40.9 Å². The van der Waals surface area contributed by atoms with Crippen LogP contribution in [0.15, 0.2) is 40.5 Å². The van der Waals surface area contributed by atoms with Crippen LogP contribution in [0.5, 0.6) is 0 Å². The number of carboxylic acid groups (broad SMARTS) is 1. The Morgan fingerprint density at radius 3 is 2.27 bits per heavy atom. The van der Waals surface area contributed by atoms with Gasteiger partial charge in [0.05, 0.1) is 33.9 Å². The predicted molar refractivity (Wildman–Crippen MR) is 151 cm³/mol. The summed E-state index contributed by atoms with van der Waals surface area (Å²) in [5, 5.41) is 10.3. The van der Waals surface area contributed by atoms with E-state index in [2.05, 4.69) is 10.3 Å². The molecule has 0 radical (unpaired) electrons. The third kappa shape index (κ3) is 6.17. The standard InChI is InChI=1S/C29H27ClF5N3O6S/c1-2-44-29(41)22-25(13-5-7-38(8-6-13)45(42,43)16-9-14(10-16)28(39)40)36-27(21-19(33)11-15(31)12-20(21)34)37-26(22)17-3-4-18(32)24(35)23(17)30/h3-4,11-14,16,26H,2,5-10H2,1H3,(H,36,37)(H,39,40)/t14-,16-,26?.